The summed E-state index contributed by atoms with van der Waals surface area (Å²) in [6, 6.07) is 7.60. The molecule has 4 nitrogen and oxygen atoms in total. The zero-order valence-electron chi connectivity index (χ0n) is 13.3. The van der Waals surface area contributed by atoms with Crippen molar-refractivity contribution in [2.45, 2.75) is 44.7 Å². The molecule has 1 aromatic carbocycles. The molecule has 21 heavy (non-hydrogen) atoms. The van der Waals surface area contributed by atoms with Gasteiger partial charge in [-0.25, -0.2) is 12.7 Å². The van der Waals surface area contributed by atoms with Crippen LogP contribution in [0.25, 0.3) is 0 Å². The Morgan fingerprint density at radius 2 is 1.86 bits per heavy atom. The fraction of sp³-hybridized carbons (Fsp3) is 0.625. The van der Waals surface area contributed by atoms with Crippen molar-refractivity contribution in [3.05, 3.63) is 29.8 Å². The molecule has 2 atom stereocenters. The molecule has 0 spiro atoms. The molecule has 118 valence electrons. The van der Waals surface area contributed by atoms with Crippen LogP contribution in [0.3, 0.4) is 0 Å². The van der Waals surface area contributed by atoms with Crippen LogP contribution in [0.1, 0.15) is 32.8 Å². The lowest BCUT2D eigenvalue weighted by atomic mass is 10.2. The van der Waals surface area contributed by atoms with E-state index in [1.54, 1.807) is 19.2 Å². The summed E-state index contributed by atoms with van der Waals surface area (Å²) in [4.78, 5) is 0.381. The second-order valence-electron chi connectivity index (χ2n) is 6.44. The Labute approximate surface area is 128 Å². The molecule has 2 rings (SSSR count). The van der Waals surface area contributed by atoms with Crippen molar-refractivity contribution < 1.29 is 8.42 Å². The highest BCUT2D eigenvalue weighted by Gasteiger charge is 2.36. The maximum Gasteiger partial charge on any atom is 0.242 e. The molecule has 1 aliphatic rings. The Bertz CT molecular complexity index is 566. The predicted octanol–water partition coefficient (Wildman–Crippen LogP) is 2.46. The van der Waals surface area contributed by atoms with Crippen molar-refractivity contribution in [1.82, 2.24) is 9.62 Å². The van der Waals surface area contributed by atoms with Gasteiger partial charge in [-0.15, -0.1) is 0 Å². The average molecular weight is 310 g/mol. The number of sulfonamides is 1. The number of hydrogen-bond donors (Lipinski definition) is 1. The normalized spacial score (nSPS) is 22.0. The van der Waals surface area contributed by atoms with Gasteiger partial charge in [0.15, 0.2) is 0 Å². The second kappa shape index (κ2) is 6.46. The number of nitrogens with zero attached hydrogens (tertiary/aromatic N) is 1. The molecule has 1 aromatic rings. The third-order valence-corrected chi connectivity index (χ3v) is 5.95. The number of hydrogen-bond acceptors (Lipinski definition) is 3. The van der Waals surface area contributed by atoms with Gasteiger partial charge in [0.25, 0.3) is 0 Å². The monoisotopic (exact) mass is 310 g/mol. The summed E-state index contributed by atoms with van der Waals surface area (Å²) in [5, 5.41) is 3.32. The van der Waals surface area contributed by atoms with Crippen molar-refractivity contribution in [2.75, 3.05) is 13.6 Å². The van der Waals surface area contributed by atoms with Crippen LogP contribution in [-0.2, 0) is 16.6 Å². The summed E-state index contributed by atoms with van der Waals surface area (Å²) in [5.74, 6) is 1.19. The predicted molar refractivity (Wildman–Crippen MR) is 85.5 cm³/mol. The summed E-state index contributed by atoms with van der Waals surface area (Å²) in [5.41, 5.74) is 1.10. The fourth-order valence-corrected chi connectivity index (χ4v) is 3.59. The van der Waals surface area contributed by atoms with Gasteiger partial charge in [-0.2, -0.15) is 0 Å². The average Bonchev–Trinajstić information content (AvgIpc) is 3.12. The van der Waals surface area contributed by atoms with E-state index in [1.807, 2.05) is 12.1 Å². The molecule has 0 aliphatic heterocycles. The Morgan fingerprint density at radius 1 is 1.29 bits per heavy atom. The van der Waals surface area contributed by atoms with Gasteiger partial charge in [0, 0.05) is 26.2 Å². The molecule has 0 radical (unpaired) electrons. The topological polar surface area (TPSA) is 49.4 Å². The molecular weight excluding hydrogens is 284 g/mol. The van der Waals surface area contributed by atoms with Crippen LogP contribution in [0.4, 0.5) is 0 Å². The fourth-order valence-electron chi connectivity index (χ4n) is 2.36. The SMILES string of the molecule is CC(C)NCc1ccc(S(=O)(=O)N(C)CC2CC2C)cc1. The Kier molecular flexibility index (Phi) is 5.07. The first-order chi connectivity index (χ1) is 9.80. The second-order valence-corrected chi connectivity index (χ2v) is 8.48. The minimum Gasteiger partial charge on any atom is -0.310 e. The lowest BCUT2D eigenvalue weighted by molar-refractivity contribution is 0.444. The van der Waals surface area contributed by atoms with Gasteiger partial charge < -0.3 is 5.32 Å². The quantitative estimate of drug-likeness (QED) is 0.841. The van der Waals surface area contributed by atoms with Gasteiger partial charge in [0.2, 0.25) is 10.0 Å². The number of benzene rings is 1. The first-order valence-electron chi connectivity index (χ1n) is 7.59. The van der Waals surface area contributed by atoms with Crippen molar-refractivity contribution >= 4 is 10.0 Å². The lowest BCUT2D eigenvalue weighted by Gasteiger charge is -2.17. The molecular formula is C16H26N2O2S. The highest BCUT2D eigenvalue weighted by molar-refractivity contribution is 7.89. The van der Waals surface area contributed by atoms with E-state index in [9.17, 15) is 8.42 Å². The van der Waals surface area contributed by atoms with E-state index in [0.29, 0.717) is 29.3 Å². The summed E-state index contributed by atoms with van der Waals surface area (Å²) in [6.45, 7) is 7.73. The van der Waals surface area contributed by atoms with Gasteiger partial charge in [-0.05, 0) is 36.0 Å². The molecule has 5 heteroatoms. The van der Waals surface area contributed by atoms with Crippen LogP contribution in [0.5, 0.6) is 0 Å². The van der Waals surface area contributed by atoms with Gasteiger partial charge in [-0.3, -0.25) is 0 Å². The van der Waals surface area contributed by atoms with Crippen LogP contribution in [0, 0.1) is 11.8 Å². The standard InChI is InChI=1S/C16H26N2O2S/c1-12(2)17-10-14-5-7-16(8-6-14)21(19,20)18(4)11-15-9-13(15)3/h5-8,12-13,15,17H,9-11H2,1-4H3. The van der Waals surface area contributed by atoms with E-state index >= 15 is 0 Å². The van der Waals surface area contributed by atoms with E-state index in [2.05, 4.69) is 26.1 Å². The molecule has 1 aliphatic carbocycles. The van der Waals surface area contributed by atoms with Gasteiger partial charge in [-0.1, -0.05) is 32.9 Å². The third-order valence-electron chi connectivity index (χ3n) is 4.11. The Hall–Kier alpha value is -0.910. The maximum atomic E-state index is 12.5. The van der Waals surface area contributed by atoms with Crippen molar-refractivity contribution in [1.29, 1.82) is 0 Å². The summed E-state index contributed by atoms with van der Waals surface area (Å²) in [6.07, 6.45) is 1.14. The molecule has 0 heterocycles. The van der Waals surface area contributed by atoms with E-state index in [0.717, 1.165) is 18.5 Å². The first kappa shape index (κ1) is 16.5. The molecule has 0 bridgehead atoms. The largest absolute Gasteiger partial charge is 0.310 e. The lowest BCUT2D eigenvalue weighted by Crippen LogP contribution is -2.29. The minimum absolute atomic E-state index is 0.381. The van der Waals surface area contributed by atoms with E-state index in [-0.39, 0.29) is 0 Å². The summed E-state index contributed by atoms with van der Waals surface area (Å²) < 4.78 is 26.5. The zero-order valence-corrected chi connectivity index (χ0v) is 14.2. The van der Waals surface area contributed by atoms with Gasteiger partial charge >= 0.3 is 0 Å². The molecule has 0 amide bonds. The molecule has 0 aromatic heterocycles. The summed E-state index contributed by atoms with van der Waals surface area (Å²) in [7, 11) is -1.68. The van der Waals surface area contributed by atoms with Crippen LogP contribution in [0.2, 0.25) is 0 Å². The van der Waals surface area contributed by atoms with E-state index in [1.165, 1.54) is 4.31 Å². The van der Waals surface area contributed by atoms with Crippen LogP contribution in [0.15, 0.2) is 29.2 Å². The third kappa shape index (κ3) is 4.28. The Morgan fingerprint density at radius 3 is 2.33 bits per heavy atom. The first-order valence-corrected chi connectivity index (χ1v) is 9.03. The molecule has 1 fully saturated rings. The van der Waals surface area contributed by atoms with Crippen molar-refractivity contribution in [2.24, 2.45) is 11.8 Å². The van der Waals surface area contributed by atoms with E-state index in [4.69, 9.17) is 0 Å². The number of nitrogens with one attached hydrogen (secondary N) is 1. The van der Waals surface area contributed by atoms with Crippen LogP contribution >= 0.6 is 0 Å². The van der Waals surface area contributed by atoms with Crippen molar-refractivity contribution in [3.63, 3.8) is 0 Å². The number of rotatable bonds is 7. The van der Waals surface area contributed by atoms with Crippen LogP contribution < -0.4 is 5.32 Å². The smallest absolute Gasteiger partial charge is 0.242 e. The highest BCUT2D eigenvalue weighted by Crippen LogP contribution is 2.38. The molecule has 2 unspecified atom stereocenters. The van der Waals surface area contributed by atoms with Crippen molar-refractivity contribution in [3.8, 4) is 0 Å². The molecule has 0 saturated heterocycles. The van der Waals surface area contributed by atoms with Gasteiger partial charge in [0.05, 0.1) is 4.90 Å². The van der Waals surface area contributed by atoms with E-state index < -0.39 is 10.0 Å². The van der Waals surface area contributed by atoms with Crippen LogP contribution in [-0.4, -0.2) is 32.4 Å². The zero-order chi connectivity index (χ0) is 15.6. The molecule has 1 N–H and O–H groups in total. The highest BCUT2D eigenvalue weighted by atomic mass is 32.2. The maximum absolute atomic E-state index is 12.5. The Balaban J connectivity index is 2.02. The summed E-state index contributed by atoms with van der Waals surface area (Å²) >= 11 is 0. The minimum atomic E-state index is -3.35. The van der Waals surface area contributed by atoms with Gasteiger partial charge in [0.1, 0.15) is 0 Å². The molecule has 1 saturated carbocycles.